The van der Waals surface area contributed by atoms with Crippen molar-refractivity contribution in [3.8, 4) is 0 Å². The van der Waals surface area contributed by atoms with Gasteiger partial charge in [-0.05, 0) is 50.6 Å². The number of aryl methyl sites for hydroxylation is 1. The van der Waals surface area contributed by atoms with Crippen molar-refractivity contribution in [2.75, 3.05) is 19.6 Å². The molecule has 0 radical (unpaired) electrons. The lowest BCUT2D eigenvalue weighted by atomic mass is 9.87. The van der Waals surface area contributed by atoms with Crippen LogP contribution in [0.4, 0.5) is 0 Å². The van der Waals surface area contributed by atoms with Crippen LogP contribution in [0, 0.1) is 12.8 Å². The Labute approximate surface area is 174 Å². The maximum absolute atomic E-state index is 4.50. The molecule has 3 fully saturated rings. The second kappa shape index (κ2) is 7.84. The van der Waals surface area contributed by atoms with E-state index in [-0.39, 0.29) is 0 Å². The number of rotatable bonds is 5. The molecule has 0 spiro atoms. The molecule has 4 unspecified atom stereocenters. The molecular weight excluding hydrogens is 358 g/mol. The zero-order chi connectivity index (χ0) is 20.0. The van der Waals surface area contributed by atoms with E-state index in [9.17, 15) is 0 Å². The molecule has 3 aliphatic rings. The van der Waals surface area contributed by atoms with E-state index >= 15 is 0 Å². The summed E-state index contributed by atoms with van der Waals surface area (Å²) >= 11 is 0. The summed E-state index contributed by atoms with van der Waals surface area (Å²) in [6.07, 6.45) is 5.22. The van der Waals surface area contributed by atoms with Crippen LogP contribution in [-0.4, -0.2) is 51.4 Å². The molecule has 0 saturated carbocycles. The third-order valence-corrected chi connectivity index (χ3v) is 7.65. The van der Waals surface area contributed by atoms with E-state index < -0.39 is 0 Å². The van der Waals surface area contributed by atoms with Gasteiger partial charge in [-0.3, -0.25) is 4.90 Å². The van der Waals surface area contributed by atoms with Gasteiger partial charge >= 0.3 is 0 Å². The Hall–Kier alpha value is -1.72. The highest BCUT2D eigenvalue weighted by Crippen LogP contribution is 2.43. The zero-order valence-electron chi connectivity index (χ0n) is 18.1. The summed E-state index contributed by atoms with van der Waals surface area (Å²) in [6.45, 7) is 10.1. The molecule has 4 atom stereocenters. The van der Waals surface area contributed by atoms with Crippen LogP contribution in [0.3, 0.4) is 0 Å². The Bertz CT molecular complexity index is 815. The van der Waals surface area contributed by atoms with Crippen LogP contribution in [0.15, 0.2) is 30.3 Å². The second-order valence-electron chi connectivity index (χ2n) is 9.77. The highest BCUT2D eigenvalue weighted by Gasteiger charge is 2.44. The number of nitrogens with zero attached hydrogens (tertiary/aromatic N) is 4. The van der Waals surface area contributed by atoms with Crippen LogP contribution in [0.25, 0.3) is 0 Å². The first kappa shape index (κ1) is 19.3. The number of nitrogens with one attached hydrogen (secondary N) is 1. The highest BCUT2D eigenvalue weighted by atomic mass is 15.3. The highest BCUT2D eigenvalue weighted by molar-refractivity contribution is 5.22. The Balaban J connectivity index is 1.31. The van der Waals surface area contributed by atoms with Crippen molar-refractivity contribution in [3.05, 3.63) is 47.5 Å². The molecule has 2 aromatic rings. The van der Waals surface area contributed by atoms with Gasteiger partial charge in [0.2, 0.25) is 0 Å². The summed E-state index contributed by atoms with van der Waals surface area (Å²) in [6, 6.07) is 13.1. The average molecular weight is 394 g/mol. The molecule has 1 N–H and O–H groups in total. The van der Waals surface area contributed by atoms with E-state index in [0.717, 1.165) is 36.9 Å². The molecule has 2 bridgehead atoms. The third kappa shape index (κ3) is 3.53. The summed E-state index contributed by atoms with van der Waals surface area (Å²) in [5, 5.41) is 12.6. The molecule has 4 heterocycles. The van der Waals surface area contributed by atoms with Crippen molar-refractivity contribution >= 4 is 0 Å². The number of hydrogen-bond acceptors (Lipinski definition) is 4. The molecule has 3 saturated heterocycles. The average Bonchev–Trinajstić information content (AvgIpc) is 3.39. The van der Waals surface area contributed by atoms with E-state index in [1.807, 2.05) is 0 Å². The van der Waals surface area contributed by atoms with Gasteiger partial charge in [0.1, 0.15) is 11.6 Å². The van der Waals surface area contributed by atoms with Gasteiger partial charge in [0, 0.05) is 43.1 Å². The van der Waals surface area contributed by atoms with Crippen LogP contribution in [0.2, 0.25) is 0 Å². The first-order valence-corrected chi connectivity index (χ1v) is 11.5. The predicted molar refractivity (Wildman–Crippen MR) is 116 cm³/mol. The molecule has 156 valence electrons. The SMILES string of the molecule is Cc1nnc(C(C)C)n1C1CC2CCC(C1)N2CC1CNCC1c1ccccc1. The lowest BCUT2D eigenvalue weighted by Crippen LogP contribution is -2.46. The van der Waals surface area contributed by atoms with Crippen molar-refractivity contribution in [1.29, 1.82) is 0 Å². The van der Waals surface area contributed by atoms with E-state index in [1.165, 1.54) is 43.6 Å². The summed E-state index contributed by atoms with van der Waals surface area (Å²) in [5.74, 6) is 4.07. The van der Waals surface area contributed by atoms with E-state index in [1.54, 1.807) is 0 Å². The fourth-order valence-electron chi connectivity index (χ4n) is 6.27. The quantitative estimate of drug-likeness (QED) is 0.837. The fraction of sp³-hybridized carbons (Fsp3) is 0.667. The van der Waals surface area contributed by atoms with Gasteiger partial charge < -0.3 is 9.88 Å². The summed E-state index contributed by atoms with van der Waals surface area (Å²) in [4.78, 5) is 2.87. The maximum atomic E-state index is 4.50. The number of aromatic nitrogens is 3. The Morgan fingerprint density at radius 2 is 1.72 bits per heavy atom. The van der Waals surface area contributed by atoms with Crippen LogP contribution >= 0.6 is 0 Å². The van der Waals surface area contributed by atoms with Crippen LogP contribution in [-0.2, 0) is 0 Å². The molecule has 0 aliphatic carbocycles. The van der Waals surface area contributed by atoms with Crippen molar-refractivity contribution in [1.82, 2.24) is 25.0 Å². The first-order chi connectivity index (χ1) is 14.1. The normalized spacial score (nSPS) is 32.3. The number of fused-ring (bicyclic) bond motifs is 2. The van der Waals surface area contributed by atoms with E-state index in [4.69, 9.17) is 0 Å². The largest absolute Gasteiger partial charge is 0.316 e. The standard InChI is InChI=1S/C24H35N5/c1-16(2)24-27-26-17(3)29(24)22-11-20-9-10-21(12-22)28(20)15-19-13-25-14-23(19)18-7-5-4-6-8-18/h4-8,16,19-23,25H,9-15H2,1-3H3. The zero-order valence-corrected chi connectivity index (χ0v) is 18.1. The predicted octanol–water partition coefficient (Wildman–Crippen LogP) is 3.88. The topological polar surface area (TPSA) is 46.0 Å². The summed E-state index contributed by atoms with van der Waals surface area (Å²) < 4.78 is 2.47. The maximum Gasteiger partial charge on any atom is 0.135 e. The minimum atomic E-state index is 0.433. The molecule has 5 rings (SSSR count). The summed E-state index contributed by atoms with van der Waals surface area (Å²) in [7, 11) is 0. The van der Waals surface area contributed by atoms with E-state index in [0.29, 0.717) is 17.9 Å². The van der Waals surface area contributed by atoms with Crippen LogP contribution in [0.5, 0.6) is 0 Å². The molecule has 0 amide bonds. The van der Waals surface area contributed by atoms with Crippen molar-refractivity contribution in [2.24, 2.45) is 5.92 Å². The van der Waals surface area contributed by atoms with Gasteiger partial charge in [-0.2, -0.15) is 0 Å². The number of hydrogen-bond donors (Lipinski definition) is 1. The molecule has 29 heavy (non-hydrogen) atoms. The van der Waals surface area contributed by atoms with Gasteiger partial charge in [-0.25, -0.2) is 0 Å². The Kier molecular flexibility index (Phi) is 5.21. The van der Waals surface area contributed by atoms with Crippen molar-refractivity contribution in [3.63, 3.8) is 0 Å². The van der Waals surface area contributed by atoms with E-state index in [2.05, 4.69) is 76.1 Å². The lowest BCUT2D eigenvalue weighted by Gasteiger charge is -2.42. The van der Waals surface area contributed by atoms with Gasteiger partial charge in [-0.1, -0.05) is 44.2 Å². The van der Waals surface area contributed by atoms with Gasteiger partial charge in [0.15, 0.2) is 0 Å². The first-order valence-electron chi connectivity index (χ1n) is 11.5. The Morgan fingerprint density at radius 1 is 1.00 bits per heavy atom. The molecule has 3 aliphatic heterocycles. The van der Waals surface area contributed by atoms with Gasteiger partial charge in [0.25, 0.3) is 0 Å². The molecule has 5 heteroatoms. The van der Waals surface area contributed by atoms with Crippen LogP contribution in [0.1, 0.15) is 74.6 Å². The number of piperidine rings is 1. The second-order valence-corrected chi connectivity index (χ2v) is 9.77. The molecule has 1 aromatic heterocycles. The van der Waals surface area contributed by atoms with Gasteiger partial charge in [0.05, 0.1) is 0 Å². The molecular formula is C24H35N5. The minimum Gasteiger partial charge on any atom is -0.316 e. The molecule has 5 nitrogen and oxygen atoms in total. The smallest absolute Gasteiger partial charge is 0.135 e. The lowest BCUT2D eigenvalue weighted by molar-refractivity contribution is 0.0872. The third-order valence-electron chi connectivity index (χ3n) is 7.65. The van der Waals surface area contributed by atoms with Crippen molar-refractivity contribution < 1.29 is 0 Å². The minimum absolute atomic E-state index is 0.433. The van der Waals surface area contributed by atoms with Crippen LogP contribution < -0.4 is 5.32 Å². The van der Waals surface area contributed by atoms with Gasteiger partial charge in [-0.15, -0.1) is 10.2 Å². The number of benzene rings is 1. The monoisotopic (exact) mass is 393 g/mol. The van der Waals surface area contributed by atoms with Crippen molar-refractivity contribution in [2.45, 2.75) is 76.4 Å². The molecule has 1 aromatic carbocycles. The fourth-order valence-corrected chi connectivity index (χ4v) is 6.27. The Morgan fingerprint density at radius 3 is 2.41 bits per heavy atom. The summed E-state index contributed by atoms with van der Waals surface area (Å²) in [5.41, 5.74) is 1.51.